The molecule has 1 aromatic carbocycles. The summed E-state index contributed by atoms with van der Waals surface area (Å²) in [5.41, 5.74) is 6.59. The van der Waals surface area contributed by atoms with Crippen molar-refractivity contribution in [3.05, 3.63) is 24.3 Å². The van der Waals surface area contributed by atoms with Gasteiger partial charge in [-0.05, 0) is 31.4 Å². The van der Waals surface area contributed by atoms with E-state index in [9.17, 15) is 4.79 Å². The number of carbonyl (C=O) groups excluding carboxylic acids is 1. The van der Waals surface area contributed by atoms with Crippen LogP contribution in [0.4, 0.5) is 5.69 Å². The Hall–Kier alpha value is -1.16. The normalized spacial score (nSPS) is 15.9. The predicted octanol–water partition coefficient (Wildman–Crippen LogP) is 2.37. The SMILES string of the molecule is Nc1ccccc1SCC(=O)N1CCCCC1. The Bertz CT molecular complexity index is 389. The number of likely N-dealkylation sites (tertiary alicyclic amines) is 1. The predicted molar refractivity (Wildman–Crippen MR) is 72.0 cm³/mol. The fourth-order valence-corrected chi connectivity index (χ4v) is 2.86. The van der Waals surface area contributed by atoms with E-state index < -0.39 is 0 Å². The van der Waals surface area contributed by atoms with Crippen molar-refractivity contribution in [3.8, 4) is 0 Å². The van der Waals surface area contributed by atoms with Gasteiger partial charge in [-0.3, -0.25) is 4.79 Å². The Balaban J connectivity index is 1.85. The first kappa shape index (κ1) is 12.3. The number of hydrogen-bond donors (Lipinski definition) is 1. The summed E-state index contributed by atoms with van der Waals surface area (Å²) in [5, 5.41) is 0. The van der Waals surface area contributed by atoms with E-state index in [1.54, 1.807) is 0 Å². The quantitative estimate of drug-likeness (QED) is 0.662. The zero-order valence-corrected chi connectivity index (χ0v) is 10.7. The second-order valence-electron chi connectivity index (χ2n) is 4.27. The number of carbonyl (C=O) groups is 1. The van der Waals surface area contributed by atoms with Gasteiger partial charge in [0, 0.05) is 23.7 Å². The first-order chi connectivity index (χ1) is 8.27. The molecule has 0 bridgehead atoms. The Morgan fingerprint density at radius 1 is 1.24 bits per heavy atom. The molecule has 1 saturated heterocycles. The monoisotopic (exact) mass is 250 g/mol. The van der Waals surface area contributed by atoms with E-state index in [0.29, 0.717) is 5.75 Å². The molecular weight excluding hydrogens is 232 g/mol. The van der Waals surface area contributed by atoms with Gasteiger partial charge in [-0.2, -0.15) is 0 Å². The van der Waals surface area contributed by atoms with Crippen molar-refractivity contribution in [1.82, 2.24) is 4.90 Å². The lowest BCUT2D eigenvalue weighted by atomic mass is 10.1. The zero-order chi connectivity index (χ0) is 12.1. The molecular formula is C13H18N2OS. The topological polar surface area (TPSA) is 46.3 Å². The molecule has 1 aliphatic heterocycles. The third kappa shape index (κ3) is 3.40. The van der Waals surface area contributed by atoms with Crippen LogP contribution in [-0.4, -0.2) is 29.6 Å². The van der Waals surface area contributed by atoms with E-state index in [0.717, 1.165) is 36.5 Å². The average Bonchev–Trinajstić information content (AvgIpc) is 2.38. The van der Waals surface area contributed by atoms with Crippen molar-refractivity contribution in [2.45, 2.75) is 24.2 Å². The molecule has 0 radical (unpaired) electrons. The van der Waals surface area contributed by atoms with Gasteiger partial charge in [0.2, 0.25) is 5.91 Å². The molecule has 0 saturated carbocycles. The summed E-state index contributed by atoms with van der Waals surface area (Å²) in [4.78, 5) is 14.9. The fraction of sp³-hybridized carbons (Fsp3) is 0.462. The van der Waals surface area contributed by atoms with E-state index in [1.165, 1.54) is 18.2 Å². The minimum atomic E-state index is 0.234. The minimum absolute atomic E-state index is 0.234. The second kappa shape index (κ2) is 5.96. The minimum Gasteiger partial charge on any atom is -0.398 e. The highest BCUT2D eigenvalue weighted by molar-refractivity contribution is 8.00. The van der Waals surface area contributed by atoms with Crippen LogP contribution in [0.3, 0.4) is 0 Å². The standard InChI is InChI=1S/C13H18N2OS/c14-11-6-2-3-7-12(11)17-10-13(16)15-8-4-1-5-9-15/h2-3,6-7H,1,4-5,8-10,14H2. The molecule has 17 heavy (non-hydrogen) atoms. The van der Waals surface area contributed by atoms with E-state index in [1.807, 2.05) is 29.2 Å². The highest BCUT2D eigenvalue weighted by atomic mass is 32.2. The fourth-order valence-electron chi connectivity index (χ4n) is 1.99. The first-order valence-electron chi connectivity index (χ1n) is 6.02. The molecule has 2 rings (SSSR count). The molecule has 1 amide bonds. The Morgan fingerprint density at radius 3 is 2.65 bits per heavy atom. The van der Waals surface area contributed by atoms with Crippen LogP contribution in [0.25, 0.3) is 0 Å². The number of thioether (sulfide) groups is 1. The van der Waals surface area contributed by atoms with Crippen LogP contribution in [-0.2, 0) is 4.79 Å². The van der Waals surface area contributed by atoms with Crippen LogP contribution in [0.1, 0.15) is 19.3 Å². The van der Waals surface area contributed by atoms with Gasteiger partial charge in [-0.25, -0.2) is 0 Å². The number of para-hydroxylation sites is 1. The molecule has 1 aliphatic rings. The summed E-state index contributed by atoms with van der Waals surface area (Å²) in [7, 11) is 0. The summed E-state index contributed by atoms with van der Waals surface area (Å²) < 4.78 is 0. The molecule has 92 valence electrons. The number of amides is 1. The third-order valence-electron chi connectivity index (χ3n) is 2.98. The number of anilines is 1. The van der Waals surface area contributed by atoms with Crippen LogP contribution >= 0.6 is 11.8 Å². The molecule has 2 N–H and O–H groups in total. The number of hydrogen-bond acceptors (Lipinski definition) is 3. The maximum absolute atomic E-state index is 11.9. The summed E-state index contributed by atoms with van der Waals surface area (Å²) in [6, 6.07) is 7.69. The number of rotatable bonds is 3. The van der Waals surface area contributed by atoms with Gasteiger partial charge in [-0.15, -0.1) is 11.8 Å². The molecule has 0 aliphatic carbocycles. The molecule has 3 nitrogen and oxygen atoms in total. The first-order valence-corrected chi connectivity index (χ1v) is 7.01. The van der Waals surface area contributed by atoms with E-state index in [4.69, 9.17) is 5.73 Å². The summed E-state index contributed by atoms with van der Waals surface area (Å²) in [6.07, 6.45) is 3.54. The summed E-state index contributed by atoms with van der Waals surface area (Å²) in [5.74, 6) is 0.728. The van der Waals surface area contributed by atoms with Crippen molar-refractivity contribution in [2.75, 3.05) is 24.6 Å². The van der Waals surface area contributed by atoms with Gasteiger partial charge in [0.15, 0.2) is 0 Å². The van der Waals surface area contributed by atoms with Crippen molar-refractivity contribution < 1.29 is 4.79 Å². The highest BCUT2D eigenvalue weighted by Gasteiger charge is 2.16. The molecule has 1 fully saturated rings. The largest absolute Gasteiger partial charge is 0.398 e. The second-order valence-corrected chi connectivity index (χ2v) is 5.29. The number of benzene rings is 1. The number of nitrogen functional groups attached to an aromatic ring is 1. The van der Waals surface area contributed by atoms with Crippen LogP contribution in [0, 0.1) is 0 Å². The lowest BCUT2D eigenvalue weighted by molar-refractivity contribution is -0.129. The van der Waals surface area contributed by atoms with Crippen LogP contribution < -0.4 is 5.73 Å². The Labute approximate surface area is 106 Å². The van der Waals surface area contributed by atoms with Gasteiger partial charge in [0.1, 0.15) is 0 Å². The maximum atomic E-state index is 11.9. The Morgan fingerprint density at radius 2 is 1.94 bits per heavy atom. The lowest BCUT2D eigenvalue weighted by Gasteiger charge is -2.26. The van der Waals surface area contributed by atoms with Crippen molar-refractivity contribution in [2.24, 2.45) is 0 Å². The van der Waals surface area contributed by atoms with Gasteiger partial charge in [0.25, 0.3) is 0 Å². The molecule has 0 aromatic heterocycles. The number of nitrogens with zero attached hydrogens (tertiary/aromatic N) is 1. The van der Waals surface area contributed by atoms with Gasteiger partial charge in [0.05, 0.1) is 5.75 Å². The van der Waals surface area contributed by atoms with E-state index in [-0.39, 0.29) is 5.91 Å². The summed E-state index contributed by atoms with van der Waals surface area (Å²) >= 11 is 1.53. The lowest BCUT2D eigenvalue weighted by Crippen LogP contribution is -2.36. The average molecular weight is 250 g/mol. The van der Waals surface area contributed by atoms with Crippen LogP contribution in [0.2, 0.25) is 0 Å². The maximum Gasteiger partial charge on any atom is 0.232 e. The molecule has 1 aromatic rings. The van der Waals surface area contributed by atoms with E-state index in [2.05, 4.69) is 0 Å². The molecule has 0 atom stereocenters. The molecule has 0 spiro atoms. The van der Waals surface area contributed by atoms with Gasteiger partial charge in [-0.1, -0.05) is 12.1 Å². The van der Waals surface area contributed by atoms with Crippen LogP contribution in [0.15, 0.2) is 29.2 Å². The van der Waals surface area contributed by atoms with Crippen molar-refractivity contribution in [1.29, 1.82) is 0 Å². The molecule has 1 heterocycles. The number of piperidine rings is 1. The summed E-state index contributed by atoms with van der Waals surface area (Å²) in [6.45, 7) is 1.84. The van der Waals surface area contributed by atoms with Crippen molar-refractivity contribution >= 4 is 23.4 Å². The van der Waals surface area contributed by atoms with Gasteiger partial charge >= 0.3 is 0 Å². The van der Waals surface area contributed by atoms with E-state index >= 15 is 0 Å². The molecule has 4 heteroatoms. The smallest absolute Gasteiger partial charge is 0.232 e. The highest BCUT2D eigenvalue weighted by Crippen LogP contribution is 2.24. The third-order valence-corrected chi connectivity index (χ3v) is 4.05. The zero-order valence-electron chi connectivity index (χ0n) is 9.89. The molecule has 0 unspecified atom stereocenters. The number of nitrogens with two attached hydrogens (primary N) is 1. The van der Waals surface area contributed by atoms with Gasteiger partial charge < -0.3 is 10.6 Å². The van der Waals surface area contributed by atoms with Crippen molar-refractivity contribution in [3.63, 3.8) is 0 Å². The van der Waals surface area contributed by atoms with Crippen LogP contribution in [0.5, 0.6) is 0 Å². The Kier molecular flexibility index (Phi) is 4.31.